The summed E-state index contributed by atoms with van der Waals surface area (Å²) in [5, 5.41) is 0. The van der Waals surface area contributed by atoms with E-state index in [-0.39, 0.29) is 19.0 Å². The van der Waals surface area contributed by atoms with E-state index in [0.717, 1.165) is 30.4 Å². The lowest BCUT2D eigenvalue weighted by molar-refractivity contribution is -0.198. The van der Waals surface area contributed by atoms with Crippen molar-refractivity contribution in [1.29, 1.82) is 0 Å². The summed E-state index contributed by atoms with van der Waals surface area (Å²) in [5.41, 5.74) is 3.42. The summed E-state index contributed by atoms with van der Waals surface area (Å²) in [6, 6.07) is 7.37. The van der Waals surface area contributed by atoms with Crippen LogP contribution in [0, 0.1) is 0 Å². The van der Waals surface area contributed by atoms with Crippen molar-refractivity contribution in [2.24, 2.45) is 4.99 Å². The van der Waals surface area contributed by atoms with Crippen molar-refractivity contribution in [2.75, 3.05) is 19.7 Å². The lowest BCUT2D eigenvalue weighted by atomic mass is 10.1. The number of benzene rings is 1. The third kappa shape index (κ3) is 9.87. The van der Waals surface area contributed by atoms with Crippen molar-refractivity contribution in [3.63, 3.8) is 0 Å². The topological polar surface area (TPSA) is 107 Å². The summed E-state index contributed by atoms with van der Waals surface area (Å²) in [4.78, 5) is 44.9. The molecule has 32 heavy (non-hydrogen) atoms. The van der Waals surface area contributed by atoms with Gasteiger partial charge in [-0.3, -0.25) is 4.79 Å². The molecule has 0 saturated carbocycles. The molecule has 2 amide bonds. The van der Waals surface area contributed by atoms with Gasteiger partial charge in [-0.05, 0) is 50.8 Å². The van der Waals surface area contributed by atoms with E-state index in [1.165, 1.54) is 17.1 Å². The van der Waals surface area contributed by atoms with E-state index in [0.29, 0.717) is 13.2 Å². The maximum absolute atomic E-state index is 12.5. The summed E-state index contributed by atoms with van der Waals surface area (Å²) in [5.74, 6) is -0.380. The summed E-state index contributed by atoms with van der Waals surface area (Å²) in [6.45, 7) is 6.68. The lowest BCUT2D eigenvalue weighted by Crippen LogP contribution is -2.37. The van der Waals surface area contributed by atoms with Crippen LogP contribution in [0.5, 0.6) is 0 Å². The normalized spacial score (nSPS) is 16.3. The van der Waals surface area contributed by atoms with Crippen LogP contribution >= 0.6 is 0 Å². The van der Waals surface area contributed by atoms with Crippen molar-refractivity contribution in [3.05, 3.63) is 41.5 Å². The van der Waals surface area contributed by atoms with E-state index in [1.54, 1.807) is 26.8 Å². The Morgan fingerprint density at radius 3 is 2.66 bits per heavy atom. The van der Waals surface area contributed by atoms with E-state index in [2.05, 4.69) is 10.5 Å². The zero-order valence-electron chi connectivity index (χ0n) is 18.8. The van der Waals surface area contributed by atoms with Gasteiger partial charge in [0.2, 0.25) is 6.08 Å². The third-order valence-corrected chi connectivity index (χ3v) is 4.41. The van der Waals surface area contributed by atoms with Crippen LogP contribution in [0.4, 0.5) is 4.79 Å². The summed E-state index contributed by atoms with van der Waals surface area (Å²) in [6.07, 6.45) is 6.40. The molecular formula is C23H31N3O6. The molecule has 0 spiro atoms. The molecule has 0 bridgehead atoms. The van der Waals surface area contributed by atoms with Gasteiger partial charge >= 0.3 is 6.09 Å². The van der Waals surface area contributed by atoms with Crippen molar-refractivity contribution in [2.45, 2.75) is 58.5 Å². The SMILES string of the molecule is CC(C)(C)OC(=O)N(CCN=C=O)Cc1ccc(/C=C/C(=O)NOC2CCCCO2)cc1. The summed E-state index contributed by atoms with van der Waals surface area (Å²) in [7, 11) is 0. The van der Waals surface area contributed by atoms with Gasteiger partial charge in [0.1, 0.15) is 5.60 Å². The number of amides is 2. The Morgan fingerprint density at radius 2 is 2.03 bits per heavy atom. The predicted octanol–water partition coefficient (Wildman–Crippen LogP) is 3.35. The highest BCUT2D eigenvalue weighted by atomic mass is 16.8. The fourth-order valence-electron chi connectivity index (χ4n) is 2.87. The number of nitrogens with one attached hydrogen (secondary N) is 1. The average molecular weight is 446 g/mol. The van der Waals surface area contributed by atoms with Gasteiger partial charge in [-0.2, -0.15) is 0 Å². The van der Waals surface area contributed by atoms with Crippen LogP contribution in [0.15, 0.2) is 35.3 Å². The Balaban J connectivity index is 1.90. The van der Waals surface area contributed by atoms with Crippen LogP contribution < -0.4 is 5.48 Å². The lowest BCUT2D eigenvalue weighted by Gasteiger charge is -2.27. The van der Waals surface area contributed by atoms with Gasteiger partial charge in [-0.15, -0.1) is 0 Å². The first-order valence-corrected chi connectivity index (χ1v) is 10.6. The Morgan fingerprint density at radius 1 is 1.28 bits per heavy atom. The van der Waals surface area contributed by atoms with Crippen LogP contribution in [0.25, 0.3) is 6.08 Å². The van der Waals surface area contributed by atoms with Gasteiger partial charge in [0.25, 0.3) is 5.91 Å². The Hall–Kier alpha value is -3.00. The standard InChI is InChI=1S/C23H31N3O6/c1-23(2,3)31-22(29)26(14-13-24-17-27)16-19-9-7-18(8-10-19)11-12-20(28)25-32-21-6-4-5-15-30-21/h7-12,21H,4-6,13-16H2,1-3H3,(H,25,28)/b12-11+. The van der Waals surface area contributed by atoms with E-state index >= 15 is 0 Å². The van der Waals surface area contributed by atoms with Gasteiger partial charge in [0, 0.05) is 32.2 Å². The molecular weight excluding hydrogens is 414 g/mol. The van der Waals surface area contributed by atoms with Gasteiger partial charge in [0.15, 0.2) is 6.29 Å². The van der Waals surface area contributed by atoms with Crippen LogP contribution in [0.3, 0.4) is 0 Å². The molecule has 174 valence electrons. The van der Waals surface area contributed by atoms with Gasteiger partial charge < -0.3 is 14.4 Å². The third-order valence-electron chi connectivity index (χ3n) is 4.41. The number of aliphatic imine (C=N–C) groups is 1. The second-order valence-electron chi connectivity index (χ2n) is 8.33. The average Bonchev–Trinajstić information content (AvgIpc) is 2.76. The monoisotopic (exact) mass is 445 g/mol. The number of nitrogens with zero attached hydrogens (tertiary/aromatic N) is 2. The molecule has 1 unspecified atom stereocenters. The van der Waals surface area contributed by atoms with Crippen molar-refractivity contribution < 1.29 is 28.7 Å². The maximum atomic E-state index is 12.5. The highest BCUT2D eigenvalue weighted by molar-refractivity contribution is 5.90. The first-order valence-electron chi connectivity index (χ1n) is 10.6. The summed E-state index contributed by atoms with van der Waals surface area (Å²) >= 11 is 0. The van der Waals surface area contributed by atoms with E-state index < -0.39 is 18.0 Å². The number of ether oxygens (including phenoxy) is 2. The molecule has 1 saturated heterocycles. The molecule has 1 heterocycles. The van der Waals surface area contributed by atoms with E-state index in [4.69, 9.17) is 14.3 Å². The van der Waals surface area contributed by atoms with Crippen LogP contribution in [-0.2, 0) is 30.4 Å². The molecule has 9 heteroatoms. The molecule has 1 atom stereocenters. The number of carbonyl (C=O) groups is 2. The molecule has 1 N–H and O–H groups in total. The highest BCUT2D eigenvalue weighted by Gasteiger charge is 2.22. The minimum atomic E-state index is -0.634. The molecule has 1 aliphatic heterocycles. The van der Waals surface area contributed by atoms with Gasteiger partial charge in [-0.1, -0.05) is 24.3 Å². The second kappa shape index (κ2) is 12.8. The Bertz CT molecular complexity index is 819. The fraction of sp³-hybridized carbons (Fsp3) is 0.522. The minimum Gasteiger partial charge on any atom is -0.444 e. The van der Waals surface area contributed by atoms with Gasteiger partial charge in [0.05, 0.1) is 6.54 Å². The maximum Gasteiger partial charge on any atom is 0.410 e. The van der Waals surface area contributed by atoms with E-state index in [1.807, 2.05) is 24.3 Å². The quantitative estimate of drug-likeness (QED) is 0.270. The molecule has 1 aromatic carbocycles. The number of hydroxylamine groups is 1. The highest BCUT2D eigenvalue weighted by Crippen LogP contribution is 2.14. The molecule has 9 nitrogen and oxygen atoms in total. The molecule has 1 aliphatic rings. The number of hydrogen-bond acceptors (Lipinski definition) is 7. The number of hydrogen-bond donors (Lipinski definition) is 1. The fourth-order valence-corrected chi connectivity index (χ4v) is 2.87. The number of isocyanates is 1. The molecule has 0 radical (unpaired) electrons. The molecule has 2 rings (SSSR count). The molecule has 0 aromatic heterocycles. The predicted molar refractivity (Wildman–Crippen MR) is 118 cm³/mol. The van der Waals surface area contributed by atoms with Crippen molar-refractivity contribution in [3.8, 4) is 0 Å². The van der Waals surface area contributed by atoms with Crippen molar-refractivity contribution in [1.82, 2.24) is 10.4 Å². The Labute approximate surface area is 188 Å². The van der Waals surface area contributed by atoms with E-state index in [9.17, 15) is 14.4 Å². The first-order chi connectivity index (χ1) is 15.3. The largest absolute Gasteiger partial charge is 0.444 e. The molecule has 1 fully saturated rings. The molecule has 0 aliphatic carbocycles. The number of carbonyl (C=O) groups excluding carboxylic acids is 3. The minimum absolute atomic E-state index is 0.145. The number of rotatable bonds is 9. The summed E-state index contributed by atoms with van der Waals surface area (Å²) < 4.78 is 10.8. The molecule has 1 aromatic rings. The smallest absolute Gasteiger partial charge is 0.410 e. The Kier molecular flexibility index (Phi) is 10.1. The van der Waals surface area contributed by atoms with Crippen molar-refractivity contribution >= 4 is 24.2 Å². The van der Waals surface area contributed by atoms with Gasteiger partial charge in [-0.25, -0.2) is 24.9 Å². The zero-order chi connectivity index (χ0) is 23.4. The first kappa shape index (κ1) is 25.3. The van der Waals surface area contributed by atoms with Crippen LogP contribution in [0.2, 0.25) is 0 Å². The van der Waals surface area contributed by atoms with Crippen LogP contribution in [-0.4, -0.2) is 54.6 Å². The zero-order valence-corrected chi connectivity index (χ0v) is 18.8. The second-order valence-corrected chi connectivity index (χ2v) is 8.33. The van der Waals surface area contributed by atoms with Crippen LogP contribution in [0.1, 0.15) is 51.2 Å².